The average Bonchev–Trinajstić information content (AvgIpc) is 2.45. The van der Waals surface area contributed by atoms with Crippen molar-refractivity contribution in [2.45, 2.75) is 17.5 Å². The maximum Gasteiger partial charge on any atom is 0.433 e. The fourth-order valence-corrected chi connectivity index (χ4v) is 3.10. The molecule has 25 heavy (non-hydrogen) atoms. The highest BCUT2D eigenvalue weighted by Gasteiger charge is 2.35. The van der Waals surface area contributed by atoms with Gasteiger partial charge in [0, 0.05) is 6.07 Å². The van der Waals surface area contributed by atoms with E-state index in [1.807, 2.05) is 0 Å². The summed E-state index contributed by atoms with van der Waals surface area (Å²) in [6.07, 6.45) is -8.27. The van der Waals surface area contributed by atoms with E-state index in [2.05, 4.69) is 4.98 Å². The number of aromatic nitrogens is 2. The number of alkyl halides is 6. The number of hydrogen-bond acceptors (Lipinski definition) is 3. The van der Waals surface area contributed by atoms with Gasteiger partial charge in [0.25, 0.3) is 5.56 Å². The molecule has 2 rings (SSSR count). The van der Waals surface area contributed by atoms with Crippen LogP contribution in [0.1, 0.15) is 11.3 Å². The van der Waals surface area contributed by atoms with Crippen LogP contribution in [0, 0.1) is 0 Å². The number of rotatable bonds is 2. The Bertz CT molecular complexity index is 855. The zero-order valence-electron chi connectivity index (χ0n) is 12.0. The molecule has 0 spiro atoms. The SMILES string of the molecule is CSc1nc(C(F)(F)F)cc(=O)n1-c1c(Cl)cc(C(F)(F)F)cc1Cl. The van der Waals surface area contributed by atoms with Gasteiger partial charge in [0.05, 0.1) is 21.3 Å². The summed E-state index contributed by atoms with van der Waals surface area (Å²) in [5.74, 6) is 0. The van der Waals surface area contributed by atoms with Crippen molar-refractivity contribution in [1.82, 2.24) is 9.55 Å². The maximum absolute atomic E-state index is 12.8. The molecule has 0 aliphatic rings. The molecule has 1 aromatic carbocycles. The Kier molecular flexibility index (Phi) is 5.36. The molecule has 3 nitrogen and oxygen atoms in total. The fraction of sp³-hybridized carbons (Fsp3) is 0.231. The van der Waals surface area contributed by atoms with Gasteiger partial charge in [0.15, 0.2) is 10.9 Å². The van der Waals surface area contributed by atoms with Gasteiger partial charge in [0.1, 0.15) is 0 Å². The molecule has 1 aromatic heterocycles. The molecule has 0 atom stereocenters. The van der Waals surface area contributed by atoms with Gasteiger partial charge in [-0.15, -0.1) is 0 Å². The molecule has 0 amide bonds. The Labute approximate surface area is 150 Å². The van der Waals surface area contributed by atoms with Crippen molar-refractivity contribution >= 4 is 35.0 Å². The molecule has 0 saturated carbocycles. The van der Waals surface area contributed by atoms with Gasteiger partial charge >= 0.3 is 12.4 Å². The van der Waals surface area contributed by atoms with Gasteiger partial charge in [-0.3, -0.25) is 9.36 Å². The Morgan fingerprint density at radius 3 is 1.92 bits per heavy atom. The minimum Gasteiger partial charge on any atom is -0.269 e. The quantitative estimate of drug-likeness (QED) is 0.374. The average molecular weight is 423 g/mol. The molecular formula is C13H6Cl2F6N2OS. The Hall–Kier alpha value is -1.39. The van der Waals surface area contributed by atoms with Gasteiger partial charge in [0.2, 0.25) is 0 Å². The summed E-state index contributed by atoms with van der Waals surface area (Å²) in [6.45, 7) is 0. The van der Waals surface area contributed by atoms with Crippen LogP contribution in [0.3, 0.4) is 0 Å². The Morgan fingerprint density at radius 2 is 1.52 bits per heavy atom. The van der Waals surface area contributed by atoms with Crippen LogP contribution in [-0.2, 0) is 12.4 Å². The molecule has 0 fully saturated rings. The first-order valence-corrected chi connectivity index (χ1v) is 8.16. The topological polar surface area (TPSA) is 34.9 Å². The van der Waals surface area contributed by atoms with Crippen LogP contribution in [0.4, 0.5) is 26.3 Å². The second-order valence-corrected chi connectivity index (χ2v) is 6.17. The predicted octanol–water partition coefficient (Wildman–Crippen LogP) is 5.30. The monoisotopic (exact) mass is 422 g/mol. The zero-order chi connectivity index (χ0) is 19.2. The van der Waals surface area contributed by atoms with Crippen LogP contribution in [0.2, 0.25) is 10.0 Å². The van der Waals surface area contributed by atoms with E-state index in [1.54, 1.807) is 0 Å². The summed E-state index contributed by atoms with van der Waals surface area (Å²) in [5, 5.41) is -1.54. The van der Waals surface area contributed by atoms with Gasteiger partial charge in [-0.25, -0.2) is 4.98 Å². The van der Waals surface area contributed by atoms with Crippen LogP contribution in [-0.4, -0.2) is 15.8 Å². The molecular weight excluding hydrogens is 417 g/mol. The highest BCUT2D eigenvalue weighted by molar-refractivity contribution is 7.98. The summed E-state index contributed by atoms with van der Waals surface area (Å²) in [5.41, 5.74) is -4.16. The lowest BCUT2D eigenvalue weighted by Gasteiger charge is -2.17. The van der Waals surface area contributed by atoms with Crippen molar-refractivity contribution in [2.75, 3.05) is 6.26 Å². The van der Waals surface area contributed by atoms with Gasteiger partial charge in [-0.1, -0.05) is 35.0 Å². The van der Waals surface area contributed by atoms with Gasteiger partial charge < -0.3 is 0 Å². The largest absolute Gasteiger partial charge is 0.433 e. The normalized spacial score (nSPS) is 12.5. The second kappa shape index (κ2) is 6.73. The number of benzene rings is 1. The summed E-state index contributed by atoms with van der Waals surface area (Å²) in [7, 11) is 0. The van der Waals surface area contributed by atoms with Crippen LogP contribution >= 0.6 is 35.0 Å². The van der Waals surface area contributed by atoms with Crippen molar-refractivity contribution in [1.29, 1.82) is 0 Å². The highest BCUT2D eigenvalue weighted by Crippen LogP contribution is 2.38. The highest BCUT2D eigenvalue weighted by atomic mass is 35.5. The number of nitrogens with zero attached hydrogens (tertiary/aromatic N) is 2. The summed E-state index contributed by atoms with van der Waals surface area (Å²) < 4.78 is 77.2. The standard InChI is InChI=1S/C13H6Cl2F6N2OS/c1-25-11-22-8(13(19,20)21)4-9(24)23(11)10-6(14)2-5(3-7(10)15)12(16,17)18/h2-4H,1H3. The van der Waals surface area contributed by atoms with Crippen molar-refractivity contribution < 1.29 is 26.3 Å². The Morgan fingerprint density at radius 1 is 1.00 bits per heavy atom. The zero-order valence-corrected chi connectivity index (χ0v) is 14.3. The number of halogens is 8. The van der Waals surface area contributed by atoms with E-state index < -0.39 is 44.4 Å². The lowest BCUT2D eigenvalue weighted by Crippen LogP contribution is -2.25. The van der Waals surface area contributed by atoms with E-state index in [4.69, 9.17) is 23.2 Å². The molecule has 0 aliphatic heterocycles. The van der Waals surface area contributed by atoms with Crippen LogP contribution in [0.25, 0.3) is 5.69 Å². The summed E-state index contributed by atoms with van der Waals surface area (Å²) in [6, 6.07) is 1.26. The first-order valence-electron chi connectivity index (χ1n) is 6.18. The van der Waals surface area contributed by atoms with Crippen LogP contribution in [0.5, 0.6) is 0 Å². The lowest BCUT2D eigenvalue weighted by atomic mass is 10.2. The molecule has 0 aliphatic carbocycles. The van der Waals surface area contributed by atoms with E-state index in [9.17, 15) is 31.1 Å². The molecule has 2 aromatic rings. The summed E-state index contributed by atoms with van der Waals surface area (Å²) >= 11 is 12.3. The molecule has 0 radical (unpaired) electrons. The minimum atomic E-state index is -4.86. The van der Waals surface area contributed by atoms with E-state index in [0.717, 1.165) is 0 Å². The molecule has 0 N–H and O–H groups in total. The smallest absolute Gasteiger partial charge is 0.269 e. The second-order valence-electron chi connectivity index (χ2n) is 4.59. The minimum absolute atomic E-state index is 0.212. The molecule has 136 valence electrons. The first-order chi connectivity index (χ1) is 11.4. The molecule has 0 unspecified atom stereocenters. The van der Waals surface area contributed by atoms with Crippen molar-refractivity contribution in [3.63, 3.8) is 0 Å². The molecule has 1 heterocycles. The van der Waals surface area contributed by atoms with E-state index in [1.165, 1.54) is 6.26 Å². The lowest BCUT2D eigenvalue weighted by molar-refractivity contribution is -0.142. The Balaban J connectivity index is 2.77. The van der Waals surface area contributed by atoms with Crippen LogP contribution < -0.4 is 5.56 Å². The molecule has 0 saturated heterocycles. The molecule has 12 heteroatoms. The third-order valence-corrected chi connectivity index (χ3v) is 4.14. The fourth-order valence-electron chi connectivity index (χ4n) is 1.89. The first kappa shape index (κ1) is 19.9. The van der Waals surface area contributed by atoms with E-state index >= 15 is 0 Å². The maximum atomic E-state index is 12.8. The summed E-state index contributed by atoms with van der Waals surface area (Å²) in [4.78, 5) is 15.4. The van der Waals surface area contributed by atoms with Crippen molar-refractivity contribution in [3.8, 4) is 5.69 Å². The molecule has 0 bridgehead atoms. The predicted molar refractivity (Wildman–Crippen MR) is 81.6 cm³/mol. The third kappa shape index (κ3) is 4.06. The van der Waals surface area contributed by atoms with Gasteiger partial charge in [-0.05, 0) is 18.4 Å². The number of hydrogen-bond donors (Lipinski definition) is 0. The van der Waals surface area contributed by atoms with E-state index in [0.29, 0.717) is 28.5 Å². The van der Waals surface area contributed by atoms with Gasteiger partial charge in [-0.2, -0.15) is 26.3 Å². The van der Waals surface area contributed by atoms with Crippen LogP contribution in [0.15, 0.2) is 28.2 Å². The number of thioether (sulfide) groups is 1. The van der Waals surface area contributed by atoms with Crippen molar-refractivity contribution in [2.24, 2.45) is 0 Å². The third-order valence-electron chi connectivity index (χ3n) is 2.93. The van der Waals surface area contributed by atoms with Crippen molar-refractivity contribution in [3.05, 3.63) is 49.9 Å². The van der Waals surface area contributed by atoms with E-state index in [-0.39, 0.29) is 11.8 Å².